The van der Waals surface area contributed by atoms with Crippen LogP contribution >= 0.6 is 0 Å². The number of aromatic nitrogens is 2. The van der Waals surface area contributed by atoms with E-state index in [0.717, 1.165) is 11.4 Å². The SMILES string of the molecule is Cc1[nH]nc(C(C)(C)C)c1-c1ccccc1. The van der Waals surface area contributed by atoms with Crippen molar-refractivity contribution in [1.29, 1.82) is 0 Å². The summed E-state index contributed by atoms with van der Waals surface area (Å²) in [7, 11) is 0. The predicted octanol–water partition coefficient (Wildman–Crippen LogP) is 3.68. The minimum absolute atomic E-state index is 0.0654. The minimum Gasteiger partial charge on any atom is -0.282 e. The van der Waals surface area contributed by atoms with Gasteiger partial charge < -0.3 is 0 Å². The van der Waals surface area contributed by atoms with Crippen molar-refractivity contribution < 1.29 is 0 Å². The monoisotopic (exact) mass is 214 g/mol. The van der Waals surface area contributed by atoms with Gasteiger partial charge in [-0.2, -0.15) is 5.10 Å². The van der Waals surface area contributed by atoms with E-state index in [9.17, 15) is 0 Å². The number of aryl methyl sites for hydroxylation is 1. The van der Waals surface area contributed by atoms with Gasteiger partial charge >= 0.3 is 0 Å². The van der Waals surface area contributed by atoms with Crippen LogP contribution in [-0.4, -0.2) is 10.2 Å². The summed E-state index contributed by atoms with van der Waals surface area (Å²) in [5.74, 6) is 0. The van der Waals surface area contributed by atoms with E-state index in [1.54, 1.807) is 0 Å². The molecule has 0 spiro atoms. The zero-order valence-corrected chi connectivity index (χ0v) is 10.3. The Bertz CT molecular complexity index is 475. The van der Waals surface area contributed by atoms with Gasteiger partial charge in [-0.25, -0.2) is 0 Å². The largest absolute Gasteiger partial charge is 0.282 e. The fraction of sp³-hybridized carbons (Fsp3) is 0.357. The zero-order chi connectivity index (χ0) is 11.8. The van der Waals surface area contributed by atoms with Crippen molar-refractivity contribution >= 4 is 0 Å². The Balaban J connectivity index is 2.61. The number of nitrogens with zero attached hydrogens (tertiary/aromatic N) is 1. The molecule has 0 saturated heterocycles. The molecule has 0 aliphatic carbocycles. The Hall–Kier alpha value is -1.57. The van der Waals surface area contributed by atoms with Crippen molar-refractivity contribution in [3.63, 3.8) is 0 Å². The van der Waals surface area contributed by atoms with E-state index in [4.69, 9.17) is 0 Å². The van der Waals surface area contributed by atoms with Crippen LogP contribution in [0.5, 0.6) is 0 Å². The maximum Gasteiger partial charge on any atom is 0.0756 e. The molecule has 1 aromatic carbocycles. The average molecular weight is 214 g/mol. The molecule has 0 aliphatic rings. The molecule has 84 valence electrons. The first-order chi connectivity index (χ1) is 7.50. The van der Waals surface area contributed by atoms with Gasteiger partial charge in [-0.15, -0.1) is 0 Å². The van der Waals surface area contributed by atoms with Gasteiger partial charge in [0.25, 0.3) is 0 Å². The molecule has 1 heterocycles. The summed E-state index contributed by atoms with van der Waals surface area (Å²) in [4.78, 5) is 0. The lowest BCUT2D eigenvalue weighted by Gasteiger charge is -2.17. The van der Waals surface area contributed by atoms with Crippen molar-refractivity contribution in [2.75, 3.05) is 0 Å². The highest BCUT2D eigenvalue weighted by atomic mass is 15.1. The molecular formula is C14H18N2. The molecule has 0 fully saturated rings. The van der Waals surface area contributed by atoms with E-state index in [1.165, 1.54) is 11.1 Å². The normalized spacial score (nSPS) is 11.8. The summed E-state index contributed by atoms with van der Waals surface area (Å²) in [5.41, 5.74) is 4.81. The molecule has 16 heavy (non-hydrogen) atoms. The number of rotatable bonds is 1. The average Bonchev–Trinajstić information content (AvgIpc) is 2.61. The Morgan fingerprint density at radius 1 is 1.06 bits per heavy atom. The summed E-state index contributed by atoms with van der Waals surface area (Å²) in [5, 5.41) is 7.53. The van der Waals surface area contributed by atoms with Crippen LogP contribution in [0.1, 0.15) is 32.2 Å². The summed E-state index contributed by atoms with van der Waals surface area (Å²) in [6, 6.07) is 10.4. The third kappa shape index (κ3) is 1.87. The van der Waals surface area contributed by atoms with Gasteiger partial charge in [0.2, 0.25) is 0 Å². The first-order valence-corrected chi connectivity index (χ1v) is 5.61. The molecule has 0 amide bonds. The summed E-state index contributed by atoms with van der Waals surface area (Å²) < 4.78 is 0. The van der Waals surface area contributed by atoms with Crippen molar-refractivity contribution in [2.45, 2.75) is 33.1 Å². The fourth-order valence-electron chi connectivity index (χ4n) is 1.93. The van der Waals surface area contributed by atoms with E-state index in [-0.39, 0.29) is 5.41 Å². The molecule has 1 aromatic heterocycles. The van der Waals surface area contributed by atoms with E-state index in [1.807, 2.05) is 6.07 Å². The number of benzene rings is 1. The molecule has 0 unspecified atom stereocenters. The topological polar surface area (TPSA) is 28.7 Å². The lowest BCUT2D eigenvalue weighted by molar-refractivity contribution is 0.568. The molecule has 0 radical (unpaired) electrons. The van der Waals surface area contributed by atoms with Crippen molar-refractivity contribution in [3.05, 3.63) is 41.7 Å². The molecule has 0 saturated carbocycles. The van der Waals surface area contributed by atoms with Gasteiger partial charge in [0.1, 0.15) is 0 Å². The van der Waals surface area contributed by atoms with Crippen LogP contribution in [0.15, 0.2) is 30.3 Å². The number of H-pyrrole nitrogens is 1. The van der Waals surface area contributed by atoms with E-state index < -0.39 is 0 Å². The van der Waals surface area contributed by atoms with Crippen LogP contribution in [-0.2, 0) is 5.41 Å². The smallest absolute Gasteiger partial charge is 0.0756 e. The highest BCUT2D eigenvalue weighted by Gasteiger charge is 2.23. The van der Waals surface area contributed by atoms with Crippen molar-refractivity contribution in [1.82, 2.24) is 10.2 Å². The molecular weight excluding hydrogens is 196 g/mol. The third-order valence-electron chi connectivity index (χ3n) is 2.72. The number of nitrogens with one attached hydrogen (secondary N) is 1. The molecule has 2 nitrogen and oxygen atoms in total. The Morgan fingerprint density at radius 2 is 1.69 bits per heavy atom. The molecule has 0 bridgehead atoms. The maximum atomic E-state index is 4.44. The van der Waals surface area contributed by atoms with Gasteiger partial charge in [0.05, 0.1) is 5.69 Å². The van der Waals surface area contributed by atoms with Crippen LogP contribution in [0, 0.1) is 6.92 Å². The Kier molecular flexibility index (Phi) is 2.58. The van der Waals surface area contributed by atoms with Gasteiger partial charge in [-0.05, 0) is 12.5 Å². The van der Waals surface area contributed by atoms with Crippen molar-refractivity contribution in [2.24, 2.45) is 0 Å². The highest BCUT2D eigenvalue weighted by Crippen LogP contribution is 2.33. The van der Waals surface area contributed by atoms with Crippen LogP contribution in [0.4, 0.5) is 0 Å². The van der Waals surface area contributed by atoms with Gasteiger partial charge in [-0.3, -0.25) is 5.10 Å². The minimum atomic E-state index is 0.0654. The van der Waals surface area contributed by atoms with E-state index in [0.29, 0.717) is 0 Å². The summed E-state index contributed by atoms with van der Waals surface area (Å²) in [6.07, 6.45) is 0. The molecule has 0 atom stereocenters. The van der Waals surface area contributed by atoms with E-state index in [2.05, 4.69) is 62.2 Å². The second kappa shape index (κ2) is 3.78. The summed E-state index contributed by atoms with van der Waals surface area (Å²) in [6.45, 7) is 8.64. The van der Waals surface area contributed by atoms with Crippen molar-refractivity contribution in [3.8, 4) is 11.1 Å². The van der Waals surface area contributed by atoms with Gasteiger partial charge in [0.15, 0.2) is 0 Å². The second-order valence-corrected chi connectivity index (χ2v) is 5.19. The van der Waals surface area contributed by atoms with Crippen LogP contribution in [0.3, 0.4) is 0 Å². The summed E-state index contributed by atoms with van der Waals surface area (Å²) >= 11 is 0. The van der Waals surface area contributed by atoms with Crippen LogP contribution in [0.2, 0.25) is 0 Å². The van der Waals surface area contributed by atoms with E-state index >= 15 is 0 Å². The lowest BCUT2D eigenvalue weighted by atomic mass is 9.86. The number of aromatic amines is 1. The Morgan fingerprint density at radius 3 is 2.25 bits per heavy atom. The van der Waals surface area contributed by atoms with Crippen LogP contribution in [0.25, 0.3) is 11.1 Å². The maximum absolute atomic E-state index is 4.44. The first kappa shape index (κ1) is 10.9. The molecule has 2 rings (SSSR count). The molecule has 1 N–H and O–H groups in total. The fourth-order valence-corrected chi connectivity index (χ4v) is 1.93. The predicted molar refractivity (Wildman–Crippen MR) is 67.5 cm³/mol. The number of hydrogen-bond donors (Lipinski definition) is 1. The number of hydrogen-bond acceptors (Lipinski definition) is 1. The first-order valence-electron chi connectivity index (χ1n) is 5.61. The van der Waals surface area contributed by atoms with Crippen LogP contribution < -0.4 is 0 Å². The standard InChI is InChI=1S/C14H18N2/c1-10-12(11-8-6-5-7-9-11)13(16-15-10)14(2,3)4/h5-9H,1-4H3,(H,15,16). The third-order valence-corrected chi connectivity index (χ3v) is 2.72. The molecule has 2 heteroatoms. The molecule has 2 aromatic rings. The zero-order valence-electron chi connectivity index (χ0n) is 10.3. The lowest BCUT2D eigenvalue weighted by Crippen LogP contribution is -2.13. The second-order valence-electron chi connectivity index (χ2n) is 5.19. The van der Waals surface area contributed by atoms with Gasteiger partial charge in [0, 0.05) is 16.7 Å². The molecule has 0 aliphatic heterocycles. The Labute approximate surface area is 96.7 Å². The highest BCUT2D eigenvalue weighted by molar-refractivity contribution is 5.69. The quantitative estimate of drug-likeness (QED) is 0.770. The van der Waals surface area contributed by atoms with Gasteiger partial charge in [-0.1, -0.05) is 51.1 Å².